The molecule has 1 aromatic heterocycles. The molecule has 118 valence electrons. The fraction of sp³-hybridized carbons (Fsp3) is 0.600. The lowest BCUT2D eigenvalue weighted by Gasteiger charge is -2.11. The number of hydrogen-bond acceptors (Lipinski definition) is 4. The first-order valence-electron chi connectivity index (χ1n) is 7.30. The fourth-order valence-corrected chi connectivity index (χ4v) is 2.24. The molecule has 6 heteroatoms. The van der Waals surface area contributed by atoms with Crippen LogP contribution in [0.3, 0.4) is 0 Å². The summed E-state index contributed by atoms with van der Waals surface area (Å²) < 4.78 is 5.12. The molecule has 0 fully saturated rings. The van der Waals surface area contributed by atoms with E-state index in [1.165, 1.54) is 12.2 Å². The van der Waals surface area contributed by atoms with Crippen LogP contribution in [0.15, 0.2) is 23.3 Å². The van der Waals surface area contributed by atoms with Crippen molar-refractivity contribution in [1.82, 2.24) is 15.6 Å². The smallest absolute Gasteiger partial charge is 0.213 e. The summed E-state index contributed by atoms with van der Waals surface area (Å²) in [6, 6.07) is 3.86. The van der Waals surface area contributed by atoms with E-state index in [0.717, 1.165) is 31.0 Å². The number of rotatable bonds is 9. The topological polar surface area (TPSA) is 58.5 Å². The molecule has 5 nitrogen and oxygen atoms in total. The van der Waals surface area contributed by atoms with Gasteiger partial charge in [-0.3, -0.25) is 0 Å². The quantitative estimate of drug-likeness (QED) is 0.416. The second-order valence-corrected chi connectivity index (χ2v) is 5.51. The molecule has 0 saturated heterocycles. The number of ether oxygens (including phenoxy) is 1. The molecule has 0 saturated carbocycles. The van der Waals surface area contributed by atoms with Crippen LogP contribution in [0.25, 0.3) is 0 Å². The van der Waals surface area contributed by atoms with E-state index in [0.29, 0.717) is 12.4 Å². The summed E-state index contributed by atoms with van der Waals surface area (Å²) in [5.74, 6) is 2.70. The summed E-state index contributed by atoms with van der Waals surface area (Å²) in [5.41, 5.74) is 1.08. The predicted octanol–water partition coefficient (Wildman–Crippen LogP) is 2.29. The van der Waals surface area contributed by atoms with E-state index in [1.807, 2.05) is 23.9 Å². The molecule has 0 amide bonds. The Morgan fingerprint density at radius 3 is 2.95 bits per heavy atom. The molecule has 0 radical (unpaired) electrons. The number of pyridine rings is 1. The molecule has 0 spiro atoms. The summed E-state index contributed by atoms with van der Waals surface area (Å²) in [6.07, 6.45) is 6.28. The Morgan fingerprint density at radius 2 is 2.24 bits per heavy atom. The number of methoxy groups -OCH3 is 1. The highest BCUT2D eigenvalue weighted by Crippen LogP contribution is 2.09. The molecule has 0 bridgehead atoms. The minimum atomic E-state index is 0.610. The van der Waals surface area contributed by atoms with Gasteiger partial charge in [-0.15, -0.1) is 0 Å². The zero-order valence-electron chi connectivity index (χ0n) is 13.2. The Kier molecular flexibility index (Phi) is 9.44. The Morgan fingerprint density at radius 1 is 1.38 bits per heavy atom. The number of hydrogen-bond donors (Lipinski definition) is 2. The molecule has 1 aromatic rings. The molecule has 1 rings (SSSR count). The minimum Gasteiger partial charge on any atom is -0.481 e. The van der Waals surface area contributed by atoms with E-state index in [4.69, 9.17) is 4.74 Å². The lowest BCUT2D eigenvalue weighted by atomic mass is 10.3. The number of unbranched alkanes of at least 4 members (excludes halogenated alkanes) is 1. The molecule has 0 aliphatic heterocycles. The number of aliphatic imine (C=N–C) groups is 1. The van der Waals surface area contributed by atoms with Gasteiger partial charge in [0, 0.05) is 25.4 Å². The second kappa shape index (κ2) is 11.3. The zero-order valence-corrected chi connectivity index (χ0v) is 14.0. The van der Waals surface area contributed by atoms with Crippen LogP contribution >= 0.6 is 11.8 Å². The van der Waals surface area contributed by atoms with Gasteiger partial charge >= 0.3 is 0 Å². The van der Waals surface area contributed by atoms with Crippen molar-refractivity contribution in [1.29, 1.82) is 0 Å². The Hall–Kier alpha value is -1.43. The summed E-state index contributed by atoms with van der Waals surface area (Å²) in [7, 11) is 1.62. The molecule has 0 atom stereocenters. The van der Waals surface area contributed by atoms with Crippen LogP contribution in [-0.2, 0) is 6.54 Å². The van der Waals surface area contributed by atoms with Crippen LogP contribution in [0, 0.1) is 0 Å². The van der Waals surface area contributed by atoms with Gasteiger partial charge in [-0.25, -0.2) is 9.98 Å². The summed E-state index contributed by atoms with van der Waals surface area (Å²) >= 11 is 1.89. The summed E-state index contributed by atoms with van der Waals surface area (Å²) in [5, 5.41) is 6.62. The van der Waals surface area contributed by atoms with Crippen LogP contribution in [0.1, 0.15) is 25.3 Å². The van der Waals surface area contributed by atoms with Gasteiger partial charge in [0.1, 0.15) is 0 Å². The lowest BCUT2D eigenvalue weighted by molar-refractivity contribution is 0.397. The van der Waals surface area contributed by atoms with Crippen molar-refractivity contribution in [3.05, 3.63) is 23.9 Å². The first-order valence-corrected chi connectivity index (χ1v) is 8.69. The van der Waals surface area contributed by atoms with Crippen molar-refractivity contribution in [3.63, 3.8) is 0 Å². The molecule has 21 heavy (non-hydrogen) atoms. The minimum absolute atomic E-state index is 0.610. The lowest BCUT2D eigenvalue weighted by Crippen LogP contribution is -2.37. The van der Waals surface area contributed by atoms with Gasteiger partial charge < -0.3 is 15.4 Å². The maximum atomic E-state index is 5.12. The van der Waals surface area contributed by atoms with Crippen LogP contribution in [0.2, 0.25) is 0 Å². The maximum Gasteiger partial charge on any atom is 0.213 e. The number of nitrogens with zero attached hydrogens (tertiary/aromatic N) is 2. The summed E-state index contributed by atoms with van der Waals surface area (Å²) in [4.78, 5) is 8.68. The van der Waals surface area contributed by atoms with Crippen molar-refractivity contribution < 1.29 is 4.74 Å². The predicted molar refractivity (Wildman–Crippen MR) is 91.2 cm³/mol. The van der Waals surface area contributed by atoms with Gasteiger partial charge in [-0.2, -0.15) is 11.8 Å². The molecular weight excluding hydrogens is 284 g/mol. The van der Waals surface area contributed by atoms with Crippen molar-refractivity contribution in [2.45, 2.75) is 26.3 Å². The SMILES string of the molecule is CCNC(=NCc1ccnc(OC)c1)NCCCCSC. The Balaban J connectivity index is 2.46. The van der Waals surface area contributed by atoms with Crippen LogP contribution in [0.5, 0.6) is 5.88 Å². The van der Waals surface area contributed by atoms with Gasteiger partial charge in [0.25, 0.3) is 0 Å². The van der Waals surface area contributed by atoms with Crippen molar-refractivity contribution in [2.75, 3.05) is 32.2 Å². The largest absolute Gasteiger partial charge is 0.481 e. The third kappa shape index (κ3) is 7.80. The number of thioether (sulfide) groups is 1. The zero-order chi connectivity index (χ0) is 15.3. The van der Waals surface area contributed by atoms with E-state index in [1.54, 1.807) is 13.3 Å². The van der Waals surface area contributed by atoms with Crippen LogP contribution in [0.4, 0.5) is 0 Å². The monoisotopic (exact) mass is 310 g/mol. The fourth-order valence-electron chi connectivity index (χ4n) is 1.75. The number of guanidine groups is 1. The third-order valence-electron chi connectivity index (χ3n) is 2.84. The maximum absolute atomic E-state index is 5.12. The Bertz CT molecular complexity index is 426. The molecule has 2 N–H and O–H groups in total. The van der Waals surface area contributed by atoms with E-state index >= 15 is 0 Å². The van der Waals surface area contributed by atoms with Gasteiger partial charge in [0.15, 0.2) is 5.96 Å². The van der Waals surface area contributed by atoms with E-state index in [-0.39, 0.29) is 0 Å². The molecule has 0 aliphatic carbocycles. The number of nitrogens with one attached hydrogen (secondary N) is 2. The van der Waals surface area contributed by atoms with E-state index in [2.05, 4.69) is 33.8 Å². The second-order valence-electron chi connectivity index (χ2n) is 4.53. The van der Waals surface area contributed by atoms with Gasteiger partial charge in [-0.1, -0.05) is 0 Å². The van der Waals surface area contributed by atoms with Crippen molar-refractivity contribution in [2.24, 2.45) is 4.99 Å². The number of aromatic nitrogens is 1. The highest BCUT2D eigenvalue weighted by atomic mass is 32.2. The molecule has 0 aliphatic rings. The van der Waals surface area contributed by atoms with Gasteiger partial charge in [-0.05, 0) is 43.4 Å². The van der Waals surface area contributed by atoms with Gasteiger partial charge in [0.2, 0.25) is 5.88 Å². The average Bonchev–Trinajstić information content (AvgIpc) is 2.52. The van der Waals surface area contributed by atoms with Crippen molar-refractivity contribution in [3.8, 4) is 5.88 Å². The van der Waals surface area contributed by atoms with Crippen molar-refractivity contribution >= 4 is 17.7 Å². The van der Waals surface area contributed by atoms with Crippen LogP contribution < -0.4 is 15.4 Å². The third-order valence-corrected chi connectivity index (χ3v) is 3.54. The highest BCUT2D eigenvalue weighted by molar-refractivity contribution is 7.98. The Labute approximate surface area is 132 Å². The molecule has 0 aromatic carbocycles. The average molecular weight is 310 g/mol. The van der Waals surface area contributed by atoms with E-state index in [9.17, 15) is 0 Å². The normalized spacial score (nSPS) is 11.3. The van der Waals surface area contributed by atoms with Gasteiger partial charge in [0.05, 0.1) is 13.7 Å². The highest BCUT2D eigenvalue weighted by Gasteiger charge is 1.99. The summed E-state index contributed by atoms with van der Waals surface area (Å²) in [6.45, 7) is 4.49. The molecule has 1 heterocycles. The first-order chi connectivity index (χ1) is 10.3. The molecular formula is C15H26N4OS. The van der Waals surface area contributed by atoms with E-state index < -0.39 is 0 Å². The first kappa shape index (κ1) is 17.6. The van der Waals surface area contributed by atoms with Crippen LogP contribution in [-0.4, -0.2) is 43.2 Å². The molecule has 0 unspecified atom stereocenters. The standard InChI is InChI=1S/C15H26N4OS/c1-4-16-15(18-8-5-6-10-21-3)19-12-13-7-9-17-14(11-13)20-2/h7,9,11H,4-6,8,10,12H2,1-3H3,(H2,16,18,19).